The monoisotopic (exact) mass is 286 g/mol. The van der Waals surface area contributed by atoms with Crippen molar-refractivity contribution in [3.8, 4) is 0 Å². The van der Waals surface area contributed by atoms with Gasteiger partial charge < -0.3 is 0 Å². The minimum Gasteiger partial charge on any atom is -0.268 e. The van der Waals surface area contributed by atoms with Crippen LogP contribution in [-0.2, 0) is 16.8 Å². The Morgan fingerprint density at radius 1 is 1.26 bits per heavy atom. The van der Waals surface area contributed by atoms with E-state index >= 15 is 0 Å². The van der Waals surface area contributed by atoms with E-state index in [-0.39, 0.29) is 0 Å². The minimum atomic E-state index is -3.32. The molecule has 1 saturated heterocycles. The standard InChI is InChI=1S/C12H22N4O2S/c1-11-10-12(2)16(14-11)9-6-13-19(17,18)15-7-4-3-5-8-15/h10,13H,3-9H2,1-2H3. The fourth-order valence-electron chi connectivity index (χ4n) is 2.38. The first kappa shape index (κ1) is 14.5. The van der Waals surface area contributed by atoms with E-state index in [9.17, 15) is 8.42 Å². The first-order chi connectivity index (χ1) is 8.99. The van der Waals surface area contributed by atoms with Gasteiger partial charge >= 0.3 is 0 Å². The number of hydrogen-bond donors (Lipinski definition) is 1. The van der Waals surface area contributed by atoms with E-state index in [4.69, 9.17) is 0 Å². The van der Waals surface area contributed by atoms with Gasteiger partial charge in [-0.2, -0.15) is 17.8 Å². The number of aryl methyl sites for hydroxylation is 2. The van der Waals surface area contributed by atoms with Crippen molar-refractivity contribution in [2.75, 3.05) is 19.6 Å². The number of nitrogens with zero attached hydrogens (tertiary/aromatic N) is 3. The summed E-state index contributed by atoms with van der Waals surface area (Å²) in [6.45, 7) is 6.11. The van der Waals surface area contributed by atoms with Gasteiger partial charge in [0.1, 0.15) is 0 Å². The van der Waals surface area contributed by atoms with Gasteiger partial charge in [-0.1, -0.05) is 6.42 Å². The lowest BCUT2D eigenvalue weighted by molar-refractivity contribution is 0.341. The van der Waals surface area contributed by atoms with Crippen LogP contribution in [0.25, 0.3) is 0 Å². The highest BCUT2D eigenvalue weighted by molar-refractivity contribution is 7.87. The first-order valence-corrected chi connectivity index (χ1v) is 8.19. The molecule has 0 spiro atoms. The normalized spacial score (nSPS) is 17.8. The van der Waals surface area contributed by atoms with Crippen molar-refractivity contribution in [1.82, 2.24) is 18.8 Å². The topological polar surface area (TPSA) is 67.2 Å². The Kier molecular flexibility index (Phi) is 4.59. The van der Waals surface area contributed by atoms with Gasteiger partial charge in [0, 0.05) is 25.3 Å². The van der Waals surface area contributed by atoms with E-state index in [0.717, 1.165) is 30.7 Å². The number of piperidine rings is 1. The van der Waals surface area contributed by atoms with Gasteiger partial charge in [0.25, 0.3) is 10.2 Å². The van der Waals surface area contributed by atoms with E-state index in [1.165, 1.54) is 4.31 Å². The van der Waals surface area contributed by atoms with E-state index in [1.807, 2.05) is 24.6 Å². The Morgan fingerprint density at radius 2 is 1.95 bits per heavy atom. The van der Waals surface area contributed by atoms with Crippen molar-refractivity contribution in [3.63, 3.8) is 0 Å². The lowest BCUT2D eigenvalue weighted by Gasteiger charge is -2.25. The lowest BCUT2D eigenvalue weighted by atomic mass is 10.2. The van der Waals surface area contributed by atoms with Crippen LogP contribution in [0.4, 0.5) is 0 Å². The zero-order chi connectivity index (χ0) is 13.9. The van der Waals surface area contributed by atoms with E-state index in [1.54, 1.807) is 0 Å². The Hall–Kier alpha value is -0.920. The van der Waals surface area contributed by atoms with Gasteiger partial charge in [-0.25, -0.2) is 4.72 Å². The van der Waals surface area contributed by atoms with Crippen LogP contribution >= 0.6 is 0 Å². The molecule has 0 atom stereocenters. The molecule has 1 aromatic heterocycles. The summed E-state index contributed by atoms with van der Waals surface area (Å²) in [5.41, 5.74) is 2.01. The van der Waals surface area contributed by atoms with Gasteiger partial charge in [0.2, 0.25) is 0 Å². The van der Waals surface area contributed by atoms with Gasteiger partial charge in [-0.15, -0.1) is 0 Å². The largest absolute Gasteiger partial charge is 0.279 e. The summed E-state index contributed by atoms with van der Waals surface area (Å²) >= 11 is 0. The fraction of sp³-hybridized carbons (Fsp3) is 0.750. The van der Waals surface area contributed by atoms with Crippen LogP contribution in [0.5, 0.6) is 0 Å². The maximum atomic E-state index is 12.1. The molecule has 0 aliphatic carbocycles. The highest BCUT2D eigenvalue weighted by Crippen LogP contribution is 2.11. The molecule has 0 unspecified atom stereocenters. The van der Waals surface area contributed by atoms with E-state index in [0.29, 0.717) is 26.2 Å². The molecule has 7 heteroatoms. The summed E-state index contributed by atoms with van der Waals surface area (Å²) in [4.78, 5) is 0. The smallest absolute Gasteiger partial charge is 0.268 e. The molecule has 1 fully saturated rings. The zero-order valence-electron chi connectivity index (χ0n) is 11.6. The zero-order valence-corrected chi connectivity index (χ0v) is 12.4. The third kappa shape index (κ3) is 3.77. The average molecular weight is 286 g/mol. The number of hydrogen-bond acceptors (Lipinski definition) is 3. The van der Waals surface area contributed by atoms with E-state index < -0.39 is 10.2 Å². The van der Waals surface area contributed by atoms with Gasteiger partial charge in [0.15, 0.2) is 0 Å². The molecule has 0 bridgehead atoms. The molecule has 19 heavy (non-hydrogen) atoms. The van der Waals surface area contributed by atoms with Crippen molar-refractivity contribution in [1.29, 1.82) is 0 Å². The highest BCUT2D eigenvalue weighted by atomic mass is 32.2. The predicted molar refractivity (Wildman–Crippen MR) is 74.0 cm³/mol. The molecule has 0 radical (unpaired) electrons. The predicted octanol–water partition coefficient (Wildman–Crippen LogP) is 0.820. The molecule has 1 N–H and O–H groups in total. The van der Waals surface area contributed by atoms with Crippen LogP contribution in [0.2, 0.25) is 0 Å². The molecule has 0 saturated carbocycles. The molecule has 2 rings (SSSR count). The summed E-state index contributed by atoms with van der Waals surface area (Å²) in [5, 5.41) is 4.31. The first-order valence-electron chi connectivity index (χ1n) is 6.75. The third-order valence-corrected chi connectivity index (χ3v) is 4.98. The molecule has 0 amide bonds. The quantitative estimate of drug-likeness (QED) is 0.871. The van der Waals surface area contributed by atoms with Crippen molar-refractivity contribution in [2.45, 2.75) is 39.7 Å². The maximum absolute atomic E-state index is 12.1. The summed E-state index contributed by atoms with van der Waals surface area (Å²) < 4.78 is 30.1. The molecule has 2 heterocycles. The molecular weight excluding hydrogens is 264 g/mol. The Balaban J connectivity index is 1.86. The Labute approximate surface area is 115 Å². The van der Waals surface area contributed by atoms with Gasteiger partial charge in [-0.05, 0) is 32.8 Å². The van der Waals surface area contributed by atoms with Crippen LogP contribution in [-0.4, -0.2) is 42.1 Å². The molecule has 108 valence electrons. The van der Waals surface area contributed by atoms with Crippen molar-refractivity contribution in [2.24, 2.45) is 0 Å². The van der Waals surface area contributed by atoms with Crippen LogP contribution in [0.3, 0.4) is 0 Å². The maximum Gasteiger partial charge on any atom is 0.279 e. The summed E-state index contributed by atoms with van der Waals surface area (Å²) in [6, 6.07) is 1.99. The van der Waals surface area contributed by atoms with Crippen molar-refractivity contribution >= 4 is 10.2 Å². The second-order valence-electron chi connectivity index (χ2n) is 5.01. The van der Waals surface area contributed by atoms with Crippen LogP contribution in [0, 0.1) is 13.8 Å². The van der Waals surface area contributed by atoms with Crippen molar-refractivity contribution < 1.29 is 8.42 Å². The molecule has 1 aliphatic rings. The number of rotatable bonds is 5. The SMILES string of the molecule is Cc1cc(C)n(CCNS(=O)(=O)N2CCCCC2)n1. The van der Waals surface area contributed by atoms with E-state index in [2.05, 4.69) is 9.82 Å². The number of aromatic nitrogens is 2. The second-order valence-corrected chi connectivity index (χ2v) is 6.76. The van der Waals surface area contributed by atoms with Gasteiger partial charge in [0.05, 0.1) is 12.2 Å². The Morgan fingerprint density at radius 3 is 2.53 bits per heavy atom. The third-order valence-electron chi connectivity index (χ3n) is 3.37. The summed E-state index contributed by atoms with van der Waals surface area (Å²) in [6.07, 6.45) is 3.04. The molecular formula is C12H22N4O2S. The molecule has 1 aliphatic heterocycles. The molecule has 6 nitrogen and oxygen atoms in total. The van der Waals surface area contributed by atoms with Crippen molar-refractivity contribution in [3.05, 3.63) is 17.5 Å². The molecule has 1 aromatic rings. The fourth-order valence-corrected chi connectivity index (χ4v) is 3.65. The number of nitrogens with one attached hydrogen (secondary N) is 1. The van der Waals surface area contributed by atoms with Crippen LogP contribution in [0.1, 0.15) is 30.7 Å². The van der Waals surface area contributed by atoms with Crippen LogP contribution in [0.15, 0.2) is 6.07 Å². The van der Waals surface area contributed by atoms with Gasteiger partial charge in [-0.3, -0.25) is 4.68 Å². The lowest BCUT2D eigenvalue weighted by Crippen LogP contribution is -2.44. The minimum absolute atomic E-state index is 0.376. The summed E-state index contributed by atoms with van der Waals surface area (Å²) in [7, 11) is -3.32. The van der Waals surface area contributed by atoms with Crippen LogP contribution < -0.4 is 4.72 Å². The summed E-state index contributed by atoms with van der Waals surface area (Å²) in [5.74, 6) is 0. The molecule has 0 aromatic carbocycles. The second kappa shape index (κ2) is 6.02. The average Bonchev–Trinajstić information content (AvgIpc) is 2.69. The Bertz CT molecular complexity index is 518. The highest BCUT2D eigenvalue weighted by Gasteiger charge is 2.22.